The summed E-state index contributed by atoms with van der Waals surface area (Å²) >= 11 is 0. The lowest BCUT2D eigenvalue weighted by Crippen LogP contribution is -2.44. The van der Waals surface area contributed by atoms with E-state index in [0.717, 1.165) is 53.9 Å². The maximum Gasteiger partial charge on any atom is 0.253 e. The second-order valence-corrected chi connectivity index (χ2v) is 7.58. The van der Waals surface area contributed by atoms with Crippen molar-refractivity contribution >= 4 is 5.91 Å². The van der Waals surface area contributed by atoms with E-state index in [9.17, 15) is 4.79 Å². The topological polar surface area (TPSA) is 45.7 Å². The van der Waals surface area contributed by atoms with E-state index < -0.39 is 0 Å². The van der Waals surface area contributed by atoms with Crippen LogP contribution in [0, 0.1) is 13.8 Å². The number of likely N-dealkylation sites (tertiary alicyclic amines) is 1. The number of ether oxygens (including phenoxy) is 1. The SMILES string of the molecule is Cc1cc(C(=O)N2CCC(N(C)C)CC2)cc(C)c1OCc1cccnc1. The van der Waals surface area contributed by atoms with Gasteiger partial charge in [0.25, 0.3) is 5.91 Å². The van der Waals surface area contributed by atoms with Gasteiger partial charge in [0.2, 0.25) is 0 Å². The molecule has 1 fully saturated rings. The van der Waals surface area contributed by atoms with Crippen LogP contribution in [-0.2, 0) is 6.61 Å². The zero-order chi connectivity index (χ0) is 19.4. The largest absolute Gasteiger partial charge is 0.488 e. The molecule has 1 saturated heterocycles. The predicted molar refractivity (Wildman–Crippen MR) is 107 cm³/mol. The molecule has 2 aromatic rings. The summed E-state index contributed by atoms with van der Waals surface area (Å²) in [7, 11) is 4.22. The minimum absolute atomic E-state index is 0.122. The third-order valence-corrected chi connectivity index (χ3v) is 5.30. The molecular formula is C22H29N3O2. The van der Waals surface area contributed by atoms with Gasteiger partial charge >= 0.3 is 0 Å². The number of aryl methyl sites for hydroxylation is 2. The Kier molecular flexibility index (Phi) is 6.11. The first kappa shape index (κ1) is 19.4. The Morgan fingerprint density at radius 2 is 1.89 bits per heavy atom. The molecule has 1 aromatic carbocycles. The average Bonchev–Trinajstić information content (AvgIpc) is 2.67. The molecule has 1 amide bonds. The number of carbonyl (C=O) groups excluding carboxylic acids is 1. The Bertz CT molecular complexity index is 758. The van der Waals surface area contributed by atoms with Crippen molar-refractivity contribution in [3.63, 3.8) is 0 Å². The summed E-state index contributed by atoms with van der Waals surface area (Å²) in [5.41, 5.74) is 3.76. The molecule has 0 radical (unpaired) electrons. The van der Waals surface area contributed by atoms with Gasteiger partial charge in [-0.3, -0.25) is 9.78 Å². The van der Waals surface area contributed by atoms with E-state index in [1.807, 2.05) is 43.0 Å². The van der Waals surface area contributed by atoms with Crippen molar-refractivity contribution in [2.24, 2.45) is 0 Å². The van der Waals surface area contributed by atoms with Crippen LogP contribution in [-0.4, -0.2) is 53.9 Å². The molecular weight excluding hydrogens is 338 g/mol. The van der Waals surface area contributed by atoms with Gasteiger partial charge in [0.15, 0.2) is 0 Å². The minimum atomic E-state index is 0.122. The van der Waals surface area contributed by atoms with E-state index in [4.69, 9.17) is 4.74 Å². The van der Waals surface area contributed by atoms with Crippen LogP contribution in [0.4, 0.5) is 0 Å². The van der Waals surface area contributed by atoms with Crippen molar-refractivity contribution in [2.75, 3.05) is 27.2 Å². The van der Waals surface area contributed by atoms with Crippen LogP contribution in [0.2, 0.25) is 0 Å². The summed E-state index contributed by atoms with van der Waals surface area (Å²) in [5.74, 6) is 0.971. The third kappa shape index (κ3) is 4.66. The Balaban J connectivity index is 1.68. The second-order valence-electron chi connectivity index (χ2n) is 7.58. The molecule has 0 saturated carbocycles. The monoisotopic (exact) mass is 367 g/mol. The molecule has 1 aliphatic heterocycles. The van der Waals surface area contributed by atoms with Crippen LogP contribution in [0.1, 0.15) is 39.9 Å². The van der Waals surface area contributed by atoms with Crippen LogP contribution in [0.3, 0.4) is 0 Å². The van der Waals surface area contributed by atoms with E-state index in [2.05, 4.69) is 24.0 Å². The fourth-order valence-corrected chi connectivity index (χ4v) is 3.71. The second kappa shape index (κ2) is 8.53. The molecule has 5 nitrogen and oxygen atoms in total. The molecule has 0 unspecified atom stereocenters. The molecule has 5 heteroatoms. The minimum Gasteiger partial charge on any atom is -0.488 e. The van der Waals surface area contributed by atoms with E-state index in [0.29, 0.717) is 12.6 Å². The highest BCUT2D eigenvalue weighted by Gasteiger charge is 2.25. The summed E-state index contributed by atoms with van der Waals surface area (Å²) in [4.78, 5) is 21.3. The normalized spacial score (nSPS) is 15.2. The molecule has 1 aromatic heterocycles. The van der Waals surface area contributed by atoms with E-state index >= 15 is 0 Å². The fraction of sp³-hybridized carbons (Fsp3) is 0.455. The maximum atomic E-state index is 12.9. The number of aromatic nitrogens is 1. The number of hydrogen-bond donors (Lipinski definition) is 0. The summed E-state index contributed by atoms with van der Waals surface area (Å²) in [6.07, 6.45) is 5.62. The molecule has 27 heavy (non-hydrogen) atoms. The molecule has 0 bridgehead atoms. The van der Waals surface area contributed by atoms with Gasteiger partial charge in [-0.1, -0.05) is 6.07 Å². The third-order valence-electron chi connectivity index (χ3n) is 5.30. The zero-order valence-corrected chi connectivity index (χ0v) is 16.7. The van der Waals surface area contributed by atoms with E-state index in [1.54, 1.807) is 12.4 Å². The summed E-state index contributed by atoms with van der Waals surface area (Å²) in [6, 6.07) is 8.37. The molecule has 0 spiro atoms. The van der Waals surface area contributed by atoms with Crippen LogP contribution < -0.4 is 4.74 Å². The van der Waals surface area contributed by atoms with Crippen LogP contribution in [0.5, 0.6) is 5.75 Å². The quantitative estimate of drug-likeness (QED) is 0.812. The highest BCUT2D eigenvalue weighted by atomic mass is 16.5. The number of hydrogen-bond acceptors (Lipinski definition) is 4. The van der Waals surface area contributed by atoms with Gasteiger partial charge in [0.05, 0.1) is 0 Å². The number of benzene rings is 1. The summed E-state index contributed by atoms with van der Waals surface area (Å²) < 4.78 is 6.00. The van der Waals surface area contributed by atoms with Gasteiger partial charge in [-0.05, 0) is 70.1 Å². The first-order chi connectivity index (χ1) is 13.0. The predicted octanol–water partition coefficient (Wildman–Crippen LogP) is 3.44. The van der Waals surface area contributed by atoms with Crippen molar-refractivity contribution in [1.29, 1.82) is 0 Å². The van der Waals surface area contributed by atoms with Gasteiger partial charge in [0.1, 0.15) is 12.4 Å². The number of nitrogens with zero attached hydrogens (tertiary/aromatic N) is 3. The summed E-state index contributed by atoms with van der Waals surface area (Å²) in [6.45, 7) is 6.11. The Morgan fingerprint density at radius 1 is 1.22 bits per heavy atom. The molecule has 0 atom stereocenters. The lowest BCUT2D eigenvalue weighted by Gasteiger charge is -2.35. The standard InChI is InChI=1S/C22H29N3O2/c1-16-12-19(22(26)25-10-7-20(8-11-25)24(3)4)13-17(2)21(16)27-15-18-6-5-9-23-14-18/h5-6,9,12-14,20H,7-8,10-11,15H2,1-4H3. The smallest absolute Gasteiger partial charge is 0.253 e. The van der Waals surface area contributed by atoms with Gasteiger partial charge in [-0.2, -0.15) is 0 Å². The maximum absolute atomic E-state index is 12.9. The first-order valence-electron chi connectivity index (χ1n) is 9.54. The first-order valence-corrected chi connectivity index (χ1v) is 9.54. The van der Waals surface area contributed by atoms with Gasteiger partial charge in [-0.25, -0.2) is 0 Å². The van der Waals surface area contributed by atoms with Gasteiger partial charge in [0, 0.05) is 42.7 Å². The number of rotatable bonds is 5. The van der Waals surface area contributed by atoms with E-state index in [1.165, 1.54) is 0 Å². The lowest BCUT2D eigenvalue weighted by atomic mass is 10.0. The molecule has 3 rings (SSSR count). The number of carbonyl (C=O) groups is 1. The van der Waals surface area contributed by atoms with Crippen LogP contribution >= 0.6 is 0 Å². The zero-order valence-electron chi connectivity index (χ0n) is 16.7. The lowest BCUT2D eigenvalue weighted by molar-refractivity contribution is 0.0663. The Hall–Kier alpha value is -2.40. The molecule has 0 N–H and O–H groups in total. The average molecular weight is 367 g/mol. The van der Waals surface area contributed by atoms with Crippen molar-refractivity contribution < 1.29 is 9.53 Å². The summed E-state index contributed by atoms with van der Waals surface area (Å²) in [5, 5.41) is 0. The highest BCUT2D eigenvalue weighted by Crippen LogP contribution is 2.27. The number of amides is 1. The molecule has 144 valence electrons. The highest BCUT2D eigenvalue weighted by molar-refractivity contribution is 5.95. The number of pyridine rings is 1. The van der Waals surface area contributed by atoms with E-state index in [-0.39, 0.29) is 5.91 Å². The van der Waals surface area contributed by atoms with Gasteiger partial charge in [-0.15, -0.1) is 0 Å². The Morgan fingerprint density at radius 3 is 2.44 bits per heavy atom. The van der Waals surface area contributed by atoms with Crippen LogP contribution in [0.25, 0.3) is 0 Å². The molecule has 1 aliphatic rings. The van der Waals surface area contributed by atoms with Crippen molar-refractivity contribution in [3.05, 3.63) is 58.9 Å². The molecule has 0 aliphatic carbocycles. The van der Waals surface area contributed by atoms with Gasteiger partial charge < -0.3 is 14.5 Å². The number of piperidine rings is 1. The van der Waals surface area contributed by atoms with Crippen molar-refractivity contribution in [1.82, 2.24) is 14.8 Å². The molecule has 2 heterocycles. The van der Waals surface area contributed by atoms with Crippen molar-refractivity contribution in [2.45, 2.75) is 39.3 Å². The van der Waals surface area contributed by atoms with Crippen LogP contribution in [0.15, 0.2) is 36.7 Å². The van der Waals surface area contributed by atoms with Crippen molar-refractivity contribution in [3.8, 4) is 5.75 Å². The Labute approximate surface area is 162 Å². The fourth-order valence-electron chi connectivity index (χ4n) is 3.71.